The molecule has 0 unspecified atom stereocenters. The molecule has 0 aromatic heterocycles. The van der Waals surface area contributed by atoms with E-state index in [1.54, 1.807) is 24.3 Å². The lowest BCUT2D eigenvalue weighted by Crippen LogP contribution is -2.41. The van der Waals surface area contributed by atoms with Crippen LogP contribution in [0.2, 0.25) is 0 Å². The monoisotopic (exact) mass is 355 g/mol. The van der Waals surface area contributed by atoms with E-state index in [2.05, 4.69) is 4.90 Å². The van der Waals surface area contributed by atoms with E-state index in [-0.39, 0.29) is 30.5 Å². The first kappa shape index (κ1) is 16.8. The number of fused-ring (bicyclic) bond motifs is 5. The second kappa shape index (κ2) is 5.99. The highest BCUT2D eigenvalue weighted by Gasteiger charge is 2.49. The van der Waals surface area contributed by atoms with Gasteiger partial charge in [0.1, 0.15) is 0 Å². The number of methoxy groups -OCH3 is 1. The molecule has 1 atom stereocenters. The molecule has 1 aromatic carbocycles. The Morgan fingerprint density at radius 3 is 2.73 bits per heavy atom. The molecule has 0 radical (unpaired) electrons. The van der Waals surface area contributed by atoms with E-state index in [9.17, 15) is 9.59 Å². The van der Waals surface area contributed by atoms with Crippen LogP contribution in [0.15, 0.2) is 35.6 Å². The first-order valence-corrected chi connectivity index (χ1v) is 8.59. The zero-order chi connectivity index (χ0) is 18.5. The Morgan fingerprint density at radius 2 is 2.00 bits per heavy atom. The van der Waals surface area contributed by atoms with Crippen molar-refractivity contribution in [1.82, 2.24) is 4.90 Å². The number of rotatable bonds is 4. The minimum Gasteiger partial charge on any atom is -0.493 e. The van der Waals surface area contributed by atoms with Gasteiger partial charge in [-0.15, -0.1) is 0 Å². The molecule has 3 aliphatic rings. The molecule has 0 fully saturated rings. The molecule has 0 saturated heterocycles. The Balaban J connectivity index is 1.97. The van der Waals surface area contributed by atoms with E-state index in [4.69, 9.17) is 14.2 Å². The van der Waals surface area contributed by atoms with Gasteiger partial charge in [-0.3, -0.25) is 9.59 Å². The maximum atomic E-state index is 12.8. The van der Waals surface area contributed by atoms with Gasteiger partial charge < -0.3 is 19.1 Å². The summed E-state index contributed by atoms with van der Waals surface area (Å²) < 4.78 is 16.5. The fourth-order valence-corrected chi connectivity index (χ4v) is 4.05. The molecule has 6 nitrogen and oxygen atoms in total. The lowest BCUT2D eigenvalue weighted by Gasteiger charge is -2.42. The van der Waals surface area contributed by atoms with Crippen LogP contribution >= 0.6 is 0 Å². The van der Waals surface area contributed by atoms with Crippen molar-refractivity contribution in [2.45, 2.75) is 18.3 Å². The smallest absolute Gasteiger partial charge is 0.231 e. The third-order valence-electron chi connectivity index (χ3n) is 5.35. The van der Waals surface area contributed by atoms with Gasteiger partial charge in [-0.05, 0) is 56.9 Å². The minimum atomic E-state index is -0.619. The number of hydrogen-bond acceptors (Lipinski definition) is 6. The number of ketones is 2. The molecule has 0 amide bonds. The molecule has 0 saturated carbocycles. The largest absolute Gasteiger partial charge is 0.493 e. The van der Waals surface area contributed by atoms with Gasteiger partial charge in [0.05, 0.1) is 7.11 Å². The van der Waals surface area contributed by atoms with Gasteiger partial charge in [-0.1, -0.05) is 0 Å². The first-order valence-electron chi connectivity index (χ1n) is 8.59. The summed E-state index contributed by atoms with van der Waals surface area (Å²) in [4.78, 5) is 27.6. The third kappa shape index (κ3) is 2.36. The van der Waals surface area contributed by atoms with Crippen molar-refractivity contribution >= 4 is 11.6 Å². The van der Waals surface area contributed by atoms with Crippen LogP contribution < -0.4 is 9.47 Å². The van der Waals surface area contributed by atoms with Crippen molar-refractivity contribution < 1.29 is 23.8 Å². The third-order valence-corrected chi connectivity index (χ3v) is 5.35. The fraction of sp³-hybridized carbons (Fsp3) is 0.400. The predicted molar refractivity (Wildman–Crippen MR) is 94.5 cm³/mol. The summed E-state index contributed by atoms with van der Waals surface area (Å²) in [5, 5.41) is 0. The molecular weight excluding hydrogens is 334 g/mol. The van der Waals surface area contributed by atoms with E-state index in [1.165, 1.54) is 7.11 Å². The number of nitrogens with zero attached hydrogens (tertiary/aromatic N) is 1. The van der Waals surface area contributed by atoms with Gasteiger partial charge >= 0.3 is 0 Å². The Hall–Kier alpha value is -2.60. The van der Waals surface area contributed by atoms with Crippen LogP contribution in [0.1, 0.15) is 28.8 Å². The van der Waals surface area contributed by atoms with Gasteiger partial charge in [-0.2, -0.15) is 0 Å². The van der Waals surface area contributed by atoms with Crippen LogP contribution in [0.3, 0.4) is 0 Å². The van der Waals surface area contributed by atoms with E-state index >= 15 is 0 Å². The molecule has 2 aliphatic carbocycles. The van der Waals surface area contributed by atoms with Gasteiger partial charge in [0, 0.05) is 23.0 Å². The summed E-state index contributed by atoms with van der Waals surface area (Å²) in [7, 11) is 5.46. The maximum absolute atomic E-state index is 12.8. The second-order valence-corrected chi connectivity index (χ2v) is 7.13. The number of ether oxygens (including phenoxy) is 3. The quantitative estimate of drug-likeness (QED) is 0.825. The fourth-order valence-electron chi connectivity index (χ4n) is 4.05. The molecule has 26 heavy (non-hydrogen) atoms. The van der Waals surface area contributed by atoms with Crippen molar-refractivity contribution in [1.29, 1.82) is 0 Å². The summed E-state index contributed by atoms with van der Waals surface area (Å²) in [5.41, 5.74) is 1.54. The Morgan fingerprint density at radius 1 is 1.19 bits per heavy atom. The summed E-state index contributed by atoms with van der Waals surface area (Å²) in [5.74, 6) is 1.34. The van der Waals surface area contributed by atoms with Gasteiger partial charge in [-0.25, -0.2) is 0 Å². The Kier molecular flexibility index (Phi) is 3.88. The number of benzene rings is 1. The normalized spacial score (nSPS) is 23.4. The summed E-state index contributed by atoms with van der Waals surface area (Å²) in [6.07, 6.45) is 4.26. The molecule has 1 heterocycles. The van der Waals surface area contributed by atoms with Crippen molar-refractivity contribution in [2.75, 3.05) is 34.5 Å². The van der Waals surface area contributed by atoms with E-state index in [0.717, 1.165) is 17.7 Å². The molecule has 1 aromatic rings. The zero-order valence-electron chi connectivity index (χ0n) is 15.1. The number of hydrogen-bond donors (Lipinski definition) is 0. The van der Waals surface area contributed by atoms with E-state index in [0.29, 0.717) is 23.5 Å². The number of carbonyl (C=O) groups is 2. The highest BCUT2D eigenvalue weighted by atomic mass is 16.7. The SMILES string of the molecule is COC1=CC2=CC(=O)c3ccc4c(c3[C@]2(CCN(C)C)CC1=O)OCO4. The Labute approximate surface area is 152 Å². The van der Waals surface area contributed by atoms with E-state index in [1.807, 2.05) is 14.1 Å². The van der Waals surface area contributed by atoms with Crippen molar-refractivity contribution in [3.63, 3.8) is 0 Å². The highest BCUT2D eigenvalue weighted by molar-refractivity contribution is 6.11. The molecule has 0 N–H and O–H groups in total. The molecule has 6 heteroatoms. The predicted octanol–water partition coefficient (Wildman–Crippen LogP) is 2.23. The maximum Gasteiger partial charge on any atom is 0.231 e. The second-order valence-electron chi connectivity index (χ2n) is 7.13. The Bertz CT molecular complexity index is 867. The van der Waals surface area contributed by atoms with E-state index < -0.39 is 5.41 Å². The first-order chi connectivity index (χ1) is 12.5. The van der Waals surface area contributed by atoms with Crippen LogP contribution in [-0.2, 0) is 14.9 Å². The average Bonchev–Trinajstić information content (AvgIpc) is 3.09. The topological polar surface area (TPSA) is 65.1 Å². The molecule has 136 valence electrons. The van der Waals surface area contributed by atoms with Crippen molar-refractivity contribution in [3.8, 4) is 11.5 Å². The molecular formula is C20H21NO5. The summed E-state index contributed by atoms with van der Waals surface area (Å²) in [6, 6.07) is 3.54. The van der Waals surface area contributed by atoms with Crippen molar-refractivity contribution in [3.05, 3.63) is 46.7 Å². The van der Waals surface area contributed by atoms with Crippen LogP contribution in [-0.4, -0.2) is 51.0 Å². The molecule has 0 spiro atoms. The number of carbonyl (C=O) groups excluding carboxylic acids is 2. The molecule has 0 bridgehead atoms. The number of allylic oxidation sites excluding steroid dienone is 4. The minimum absolute atomic E-state index is 0.0692. The van der Waals surface area contributed by atoms with Crippen LogP contribution in [0.25, 0.3) is 0 Å². The lowest BCUT2D eigenvalue weighted by molar-refractivity contribution is -0.120. The van der Waals surface area contributed by atoms with Crippen LogP contribution in [0.5, 0.6) is 11.5 Å². The standard InChI is InChI=1S/C20H21NO5/c1-21(2)7-6-20-10-15(23)17(24-3)9-12(20)8-14(22)13-4-5-16-19(18(13)20)26-11-25-16/h4-5,8-9H,6-7,10-11H2,1-3H3/t20-/m1/s1. The van der Waals surface area contributed by atoms with Crippen LogP contribution in [0.4, 0.5) is 0 Å². The van der Waals surface area contributed by atoms with Crippen LogP contribution in [0, 0.1) is 0 Å². The molecule has 1 aliphatic heterocycles. The lowest BCUT2D eigenvalue weighted by atomic mass is 9.61. The summed E-state index contributed by atoms with van der Waals surface area (Å²) >= 11 is 0. The summed E-state index contributed by atoms with van der Waals surface area (Å²) in [6.45, 7) is 0.884. The van der Waals surface area contributed by atoms with Crippen molar-refractivity contribution in [2.24, 2.45) is 0 Å². The average molecular weight is 355 g/mol. The van der Waals surface area contributed by atoms with Gasteiger partial charge in [0.2, 0.25) is 6.79 Å². The van der Waals surface area contributed by atoms with Gasteiger partial charge in [0.25, 0.3) is 0 Å². The molecule has 4 rings (SSSR count). The zero-order valence-corrected chi connectivity index (χ0v) is 15.1. The highest BCUT2D eigenvalue weighted by Crippen LogP contribution is 2.54. The number of Topliss-reactive ketones (excluding diaryl/α,β-unsaturated/α-hetero) is 1. The van der Waals surface area contributed by atoms with Gasteiger partial charge in [0.15, 0.2) is 28.8 Å².